The van der Waals surface area contributed by atoms with E-state index in [1.165, 1.54) is 0 Å². The van der Waals surface area contributed by atoms with Gasteiger partial charge in [-0.05, 0) is 51.8 Å². The van der Waals surface area contributed by atoms with Gasteiger partial charge in [-0.25, -0.2) is 0 Å². The van der Waals surface area contributed by atoms with Crippen LogP contribution in [0.3, 0.4) is 0 Å². The monoisotopic (exact) mass is 294 g/mol. The number of aromatic nitrogens is 1. The van der Waals surface area contributed by atoms with Crippen LogP contribution >= 0.6 is 0 Å². The van der Waals surface area contributed by atoms with E-state index < -0.39 is 0 Å². The first kappa shape index (κ1) is 17.9. The molecule has 4 heteroatoms. The summed E-state index contributed by atoms with van der Waals surface area (Å²) in [7, 11) is 0. The lowest BCUT2D eigenvalue weighted by molar-refractivity contribution is -0.0392. The topological polar surface area (TPSA) is 43.4 Å². The van der Waals surface area contributed by atoms with Crippen molar-refractivity contribution < 1.29 is 9.47 Å². The molecular weight excluding hydrogens is 264 g/mol. The minimum absolute atomic E-state index is 0.0927. The van der Waals surface area contributed by atoms with Gasteiger partial charge in [0, 0.05) is 12.8 Å². The first-order valence-electron chi connectivity index (χ1n) is 8.00. The van der Waals surface area contributed by atoms with Gasteiger partial charge in [0.05, 0.1) is 24.4 Å². The van der Waals surface area contributed by atoms with Crippen LogP contribution in [0.4, 0.5) is 0 Å². The largest absolute Gasteiger partial charge is 0.492 e. The molecule has 0 aromatic carbocycles. The fourth-order valence-electron chi connectivity index (χ4n) is 2.40. The van der Waals surface area contributed by atoms with Crippen LogP contribution in [-0.2, 0) is 4.74 Å². The molecule has 1 heterocycles. The van der Waals surface area contributed by atoms with E-state index >= 15 is 0 Å². The standard InChI is InChI=1S/C17H30N2O2/c1-6-9-19-16(17(4,5)21-8-3)14-11-15(13-18-12-14)20-10-7-2/h11-13,16,19H,6-10H2,1-5H3. The van der Waals surface area contributed by atoms with Crippen molar-refractivity contribution in [3.05, 3.63) is 24.0 Å². The first-order valence-corrected chi connectivity index (χ1v) is 8.00. The van der Waals surface area contributed by atoms with Gasteiger partial charge in [-0.1, -0.05) is 13.8 Å². The van der Waals surface area contributed by atoms with Gasteiger partial charge in [0.15, 0.2) is 0 Å². The van der Waals surface area contributed by atoms with Crippen LogP contribution in [0.1, 0.15) is 59.1 Å². The summed E-state index contributed by atoms with van der Waals surface area (Å²) >= 11 is 0. The molecule has 1 aromatic rings. The van der Waals surface area contributed by atoms with Crippen molar-refractivity contribution in [3.8, 4) is 5.75 Å². The third-order valence-electron chi connectivity index (χ3n) is 3.35. The molecule has 0 saturated carbocycles. The lowest BCUT2D eigenvalue weighted by atomic mass is 9.92. The molecule has 1 N–H and O–H groups in total. The second kappa shape index (κ2) is 9.00. The molecule has 0 spiro atoms. The Hall–Kier alpha value is -1.13. The summed E-state index contributed by atoms with van der Waals surface area (Å²) in [5, 5.41) is 3.57. The van der Waals surface area contributed by atoms with E-state index in [0.29, 0.717) is 13.2 Å². The van der Waals surface area contributed by atoms with Crippen molar-refractivity contribution in [3.63, 3.8) is 0 Å². The fraction of sp³-hybridized carbons (Fsp3) is 0.706. The molecule has 120 valence electrons. The van der Waals surface area contributed by atoms with E-state index in [1.54, 1.807) is 6.20 Å². The van der Waals surface area contributed by atoms with Gasteiger partial charge < -0.3 is 14.8 Å². The van der Waals surface area contributed by atoms with E-state index in [9.17, 15) is 0 Å². The van der Waals surface area contributed by atoms with Gasteiger partial charge in [-0.2, -0.15) is 0 Å². The maximum absolute atomic E-state index is 5.93. The number of nitrogens with zero attached hydrogens (tertiary/aromatic N) is 1. The lowest BCUT2D eigenvalue weighted by Gasteiger charge is -2.35. The van der Waals surface area contributed by atoms with Crippen LogP contribution in [0.25, 0.3) is 0 Å². The summed E-state index contributed by atoms with van der Waals surface area (Å²) in [4.78, 5) is 4.32. The number of hydrogen-bond acceptors (Lipinski definition) is 4. The molecule has 0 radical (unpaired) electrons. The average Bonchev–Trinajstić information content (AvgIpc) is 2.45. The summed E-state index contributed by atoms with van der Waals surface area (Å²) in [6.45, 7) is 12.9. The molecule has 0 saturated heterocycles. The van der Waals surface area contributed by atoms with Crippen molar-refractivity contribution in [1.82, 2.24) is 10.3 Å². The summed E-state index contributed by atoms with van der Waals surface area (Å²) < 4.78 is 11.6. The Balaban J connectivity index is 2.96. The van der Waals surface area contributed by atoms with Crippen molar-refractivity contribution in [2.75, 3.05) is 19.8 Å². The Morgan fingerprint density at radius 3 is 2.57 bits per heavy atom. The number of ether oxygens (including phenoxy) is 2. The highest BCUT2D eigenvalue weighted by molar-refractivity contribution is 5.27. The smallest absolute Gasteiger partial charge is 0.137 e. The van der Waals surface area contributed by atoms with Gasteiger partial charge in [0.1, 0.15) is 5.75 Å². The molecule has 1 rings (SSSR count). The molecule has 21 heavy (non-hydrogen) atoms. The molecule has 1 atom stereocenters. The molecule has 0 bridgehead atoms. The number of nitrogens with one attached hydrogen (secondary N) is 1. The second-order valence-electron chi connectivity index (χ2n) is 5.73. The molecule has 1 unspecified atom stereocenters. The zero-order chi connectivity index (χ0) is 15.7. The molecule has 0 amide bonds. The Morgan fingerprint density at radius 1 is 1.19 bits per heavy atom. The van der Waals surface area contributed by atoms with Crippen molar-refractivity contribution in [1.29, 1.82) is 0 Å². The van der Waals surface area contributed by atoms with E-state index in [-0.39, 0.29) is 11.6 Å². The third-order valence-corrected chi connectivity index (χ3v) is 3.35. The molecule has 1 aromatic heterocycles. The first-order chi connectivity index (χ1) is 10.0. The van der Waals surface area contributed by atoms with E-state index in [4.69, 9.17) is 9.47 Å². The van der Waals surface area contributed by atoms with Crippen molar-refractivity contribution >= 4 is 0 Å². The van der Waals surface area contributed by atoms with Gasteiger partial charge in [-0.15, -0.1) is 0 Å². The van der Waals surface area contributed by atoms with Crippen LogP contribution in [0.2, 0.25) is 0 Å². The minimum atomic E-state index is -0.297. The minimum Gasteiger partial charge on any atom is -0.492 e. The normalized spacial score (nSPS) is 13.2. The second-order valence-corrected chi connectivity index (χ2v) is 5.73. The number of rotatable bonds is 10. The Morgan fingerprint density at radius 2 is 1.95 bits per heavy atom. The van der Waals surface area contributed by atoms with E-state index in [1.807, 2.05) is 13.1 Å². The maximum atomic E-state index is 5.93. The zero-order valence-corrected chi connectivity index (χ0v) is 14.1. The third kappa shape index (κ3) is 5.64. The molecule has 0 aliphatic carbocycles. The Kier molecular flexibility index (Phi) is 7.68. The van der Waals surface area contributed by atoms with Crippen molar-refractivity contribution in [2.24, 2.45) is 0 Å². The van der Waals surface area contributed by atoms with Crippen LogP contribution in [-0.4, -0.2) is 30.3 Å². The maximum Gasteiger partial charge on any atom is 0.137 e. The summed E-state index contributed by atoms with van der Waals surface area (Å²) in [5.74, 6) is 0.824. The molecule has 0 aliphatic heterocycles. The summed E-state index contributed by atoms with van der Waals surface area (Å²) in [6.07, 6.45) is 5.74. The molecule has 0 aliphatic rings. The lowest BCUT2D eigenvalue weighted by Crippen LogP contribution is -2.42. The van der Waals surface area contributed by atoms with Crippen LogP contribution < -0.4 is 10.1 Å². The van der Waals surface area contributed by atoms with Crippen molar-refractivity contribution in [2.45, 2.75) is 59.1 Å². The van der Waals surface area contributed by atoms with Gasteiger partial charge in [0.2, 0.25) is 0 Å². The summed E-state index contributed by atoms with van der Waals surface area (Å²) in [6, 6.07) is 2.16. The highest BCUT2D eigenvalue weighted by Crippen LogP contribution is 2.30. The highest BCUT2D eigenvalue weighted by atomic mass is 16.5. The van der Waals surface area contributed by atoms with Gasteiger partial charge >= 0.3 is 0 Å². The predicted octanol–water partition coefficient (Wildman–Crippen LogP) is 3.73. The summed E-state index contributed by atoms with van der Waals surface area (Å²) in [5.41, 5.74) is 0.810. The van der Waals surface area contributed by atoms with Crippen LogP contribution in [0.15, 0.2) is 18.5 Å². The SMILES string of the molecule is CCCNC(c1cncc(OCCC)c1)C(C)(C)OCC. The van der Waals surface area contributed by atoms with Crippen LogP contribution in [0, 0.1) is 0 Å². The van der Waals surface area contributed by atoms with Crippen LogP contribution in [0.5, 0.6) is 5.75 Å². The number of pyridine rings is 1. The average molecular weight is 294 g/mol. The quantitative estimate of drug-likeness (QED) is 0.714. The highest BCUT2D eigenvalue weighted by Gasteiger charge is 2.31. The molecule has 0 fully saturated rings. The Bertz CT molecular complexity index is 408. The van der Waals surface area contributed by atoms with Gasteiger partial charge in [-0.3, -0.25) is 4.98 Å². The van der Waals surface area contributed by atoms with E-state index in [0.717, 1.165) is 30.7 Å². The molecular formula is C17H30N2O2. The fourth-order valence-corrected chi connectivity index (χ4v) is 2.40. The van der Waals surface area contributed by atoms with Gasteiger partial charge in [0.25, 0.3) is 0 Å². The van der Waals surface area contributed by atoms with E-state index in [2.05, 4.69) is 44.1 Å². The predicted molar refractivity (Wildman–Crippen MR) is 86.8 cm³/mol. The Labute approximate surface area is 129 Å². The zero-order valence-electron chi connectivity index (χ0n) is 14.1. The number of hydrogen-bond donors (Lipinski definition) is 1. The molecule has 4 nitrogen and oxygen atoms in total.